The van der Waals surface area contributed by atoms with Crippen molar-refractivity contribution < 1.29 is 4.79 Å². The lowest BCUT2D eigenvalue weighted by Crippen LogP contribution is -2.39. The number of halogens is 1. The molecule has 1 aliphatic carbocycles. The highest BCUT2D eigenvalue weighted by atomic mass is 79.9. The molecule has 0 bridgehead atoms. The van der Waals surface area contributed by atoms with Crippen LogP contribution in [0.15, 0.2) is 16.6 Å². The number of aryl methyl sites for hydroxylation is 1. The predicted molar refractivity (Wildman–Crippen MR) is 84.8 cm³/mol. The first-order valence-electron chi connectivity index (χ1n) is 7.68. The highest BCUT2D eigenvalue weighted by Gasteiger charge is 2.35. The average molecular weight is 336 g/mol. The molecule has 0 saturated heterocycles. The Morgan fingerprint density at radius 2 is 1.95 bits per heavy atom. The second-order valence-electron chi connectivity index (χ2n) is 6.33. The lowest BCUT2D eigenvalue weighted by atomic mass is 9.84. The maximum Gasteiger partial charge on any atom is 0.255 e. The van der Waals surface area contributed by atoms with E-state index in [4.69, 9.17) is 0 Å². The fraction of sp³-hybridized carbons (Fsp3) is 0.588. The number of carbonyl (C=O) groups excluding carboxylic acids is 1. The van der Waals surface area contributed by atoms with Crippen LogP contribution in [0, 0.1) is 12.8 Å². The van der Waals surface area contributed by atoms with Gasteiger partial charge in [0.25, 0.3) is 5.91 Å². The molecule has 1 amide bonds. The first-order chi connectivity index (χ1) is 9.58. The summed E-state index contributed by atoms with van der Waals surface area (Å²) in [6.45, 7) is 5.06. The molecule has 1 aromatic rings. The fourth-order valence-corrected chi connectivity index (χ4v) is 4.46. The summed E-state index contributed by atoms with van der Waals surface area (Å²) in [7, 11) is 0. The Morgan fingerprint density at radius 3 is 2.65 bits per heavy atom. The Morgan fingerprint density at radius 1 is 1.25 bits per heavy atom. The van der Waals surface area contributed by atoms with E-state index in [-0.39, 0.29) is 5.91 Å². The van der Waals surface area contributed by atoms with Gasteiger partial charge in [0.15, 0.2) is 0 Å². The Balaban J connectivity index is 1.84. The zero-order chi connectivity index (χ0) is 14.3. The minimum Gasteiger partial charge on any atom is -0.331 e. The Labute approximate surface area is 129 Å². The van der Waals surface area contributed by atoms with Crippen LogP contribution >= 0.6 is 15.9 Å². The topological polar surface area (TPSA) is 20.3 Å². The first-order valence-corrected chi connectivity index (χ1v) is 8.47. The predicted octanol–water partition coefficient (Wildman–Crippen LogP) is 4.68. The lowest BCUT2D eigenvalue weighted by molar-refractivity contribution is 0.0623. The standard InChI is InChI=1S/C17H22BrNO/c1-11-8-15(18)9-14-10-19(17(20)16(11)14)12(2)13-6-4-3-5-7-13/h8-9,12-13H,3-7,10H2,1-2H3/t12-/m1/s1. The van der Waals surface area contributed by atoms with Gasteiger partial charge in [0, 0.05) is 22.6 Å². The molecule has 1 fully saturated rings. The van der Waals surface area contributed by atoms with Crippen LogP contribution in [0.2, 0.25) is 0 Å². The van der Waals surface area contributed by atoms with E-state index in [1.54, 1.807) is 0 Å². The second kappa shape index (κ2) is 5.51. The van der Waals surface area contributed by atoms with Crippen LogP contribution in [0.3, 0.4) is 0 Å². The molecule has 1 aliphatic heterocycles. The molecule has 3 heteroatoms. The van der Waals surface area contributed by atoms with E-state index < -0.39 is 0 Å². The van der Waals surface area contributed by atoms with Crippen molar-refractivity contribution >= 4 is 21.8 Å². The van der Waals surface area contributed by atoms with Gasteiger partial charge in [0.05, 0.1) is 0 Å². The van der Waals surface area contributed by atoms with Crippen molar-refractivity contribution in [2.24, 2.45) is 5.92 Å². The monoisotopic (exact) mass is 335 g/mol. The van der Waals surface area contributed by atoms with Gasteiger partial charge in [-0.05, 0) is 55.9 Å². The molecular weight excluding hydrogens is 314 g/mol. The van der Waals surface area contributed by atoms with E-state index in [9.17, 15) is 4.79 Å². The summed E-state index contributed by atoms with van der Waals surface area (Å²) in [5.74, 6) is 0.925. The van der Waals surface area contributed by atoms with Crippen LogP contribution in [0.25, 0.3) is 0 Å². The maximum absolute atomic E-state index is 12.7. The quantitative estimate of drug-likeness (QED) is 0.768. The largest absolute Gasteiger partial charge is 0.331 e. The van der Waals surface area contributed by atoms with Gasteiger partial charge in [-0.15, -0.1) is 0 Å². The molecule has 2 aliphatic rings. The molecule has 1 heterocycles. The average Bonchev–Trinajstić information content (AvgIpc) is 2.76. The SMILES string of the molecule is Cc1cc(Br)cc2c1C(=O)N([C@H](C)C1CCCCC1)C2. The molecule has 0 unspecified atom stereocenters. The number of rotatable bonds is 2. The van der Waals surface area contributed by atoms with E-state index >= 15 is 0 Å². The van der Waals surface area contributed by atoms with Crippen molar-refractivity contribution in [2.45, 2.75) is 58.5 Å². The van der Waals surface area contributed by atoms with Crippen LogP contribution < -0.4 is 0 Å². The van der Waals surface area contributed by atoms with Gasteiger partial charge in [0.1, 0.15) is 0 Å². The van der Waals surface area contributed by atoms with E-state index in [0.717, 1.165) is 22.1 Å². The zero-order valence-electron chi connectivity index (χ0n) is 12.3. The smallest absolute Gasteiger partial charge is 0.255 e. The number of fused-ring (bicyclic) bond motifs is 1. The van der Waals surface area contributed by atoms with Crippen LogP contribution in [0.4, 0.5) is 0 Å². The van der Waals surface area contributed by atoms with Gasteiger partial charge < -0.3 is 4.90 Å². The highest BCUT2D eigenvalue weighted by Crippen LogP contribution is 2.35. The summed E-state index contributed by atoms with van der Waals surface area (Å²) in [6, 6.07) is 4.52. The normalized spacial score (nSPS) is 21.1. The van der Waals surface area contributed by atoms with Crippen molar-refractivity contribution in [3.63, 3.8) is 0 Å². The van der Waals surface area contributed by atoms with Crippen LogP contribution in [0.1, 0.15) is 60.5 Å². The second-order valence-corrected chi connectivity index (χ2v) is 7.24. The Hall–Kier alpha value is -0.830. The van der Waals surface area contributed by atoms with Crippen LogP contribution in [-0.4, -0.2) is 16.8 Å². The van der Waals surface area contributed by atoms with Crippen LogP contribution in [-0.2, 0) is 6.54 Å². The van der Waals surface area contributed by atoms with E-state index in [1.165, 1.54) is 37.7 Å². The van der Waals surface area contributed by atoms with Gasteiger partial charge in [-0.2, -0.15) is 0 Å². The van der Waals surface area contributed by atoms with Gasteiger partial charge in [0.2, 0.25) is 0 Å². The van der Waals surface area contributed by atoms with Gasteiger partial charge in [-0.25, -0.2) is 0 Å². The van der Waals surface area contributed by atoms with Crippen molar-refractivity contribution in [1.82, 2.24) is 4.90 Å². The first kappa shape index (κ1) is 14.1. The summed E-state index contributed by atoms with van der Waals surface area (Å²) in [6.07, 6.45) is 6.58. The van der Waals surface area contributed by atoms with Gasteiger partial charge in [-0.3, -0.25) is 4.79 Å². The fourth-order valence-electron chi connectivity index (χ4n) is 3.84. The minimum absolute atomic E-state index is 0.239. The molecule has 1 aromatic carbocycles. The summed E-state index contributed by atoms with van der Waals surface area (Å²) in [5.41, 5.74) is 3.22. The molecule has 0 radical (unpaired) electrons. The molecule has 0 N–H and O–H groups in total. The maximum atomic E-state index is 12.7. The van der Waals surface area contributed by atoms with Crippen molar-refractivity contribution in [1.29, 1.82) is 0 Å². The van der Waals surface area contributed by atoms with Gasteiger partial charge in [-0.1, -0.05) is 35.2 Å². The van der Waals surface area contributed by atoms with Crippen molar-refractivity contribution in [2.75, 3.05) is 0 Å². The molecular formula is C17H22BrNO. The number of nitrogens with zero attached hydrogens (tertiary/aromatic N) is 1. The summed E-state index contributed by atoms with van der Waals surface area (Å²) in [5, 5.41) is 0. The van der Waals surface area contributed by atoms with Gasteiger partial charge >= 0.3 is 0 Å². The summed E-state index contributed by atoms with van der Waals surface area (Å²) >= 11 is 3.54. The molecule has 3 rings (SSSR count). The summed E-state index contributed by atoms with van der Waals surface area (Å²) < 4.78 is 1.08. The number of carbonyl (C=O) groups is 1. The number of hydrogen-bond acceptors (Lipinski definition) is 1. The Bertz CT molecular complexity index is 534. The number of hydrogen-bond donors (Lipinski definition) is 0. The third-order valence-electron chi connectivity index (χ3n) is 5.02. The molecule has 1 saturated carbocycles. The number of amides is 1. The molecule has 108 valence electrons. The molecule has 2 nitrogen and oxygen atoms in total. The molecule has 20 heavy (non-hydrogen) atoms. The van der Waals surface area contributed by atoms with Crippen molar-refractivity contribution in [3.8, 4) is 0 Å². The minimum atomic E-state index is 0.239. The van der Waals surface area contributed by atoms with E-state index in [0.29, 0.717) is 12.0 Å². The molecule has 1 atom stereocenters. The third kappa shape index (κ3) is 2.41. The van der Waals surface area contributed by atoms with Crippen LogP contribution in [0.5, 0.6) is 0 Å². The lowest BCUT2D eigenvalue weighted by Gasteiger charge is -2.34. The third-order valence-corrected chi connectivity index (χ3v) is 5.48. The Kier molecular flexibility index (Phi) is 3.89. The van der Waals surface area contributed by atoms with Crippen molar-refractivity contribution in [3.05, 3.63) is 33.3 Å². The zero-order valence-corrected chi connectivity index (χ0v) is 13.9. The molecule has 0 spiro atoms. The molecule has 0 aromatic heterocycles. The highest BCUT2D eigenvalue weighted by molar-refractivity contribution is 9.10. The number of benzene rings is 1. The van der Waals surface area contributed by atoms with E-state index in [1.807, 2.05) is 13.0 Å². The van der Waals surface area contributed by atoms with E-state index in [2.05, 4.69) is 33.8 Å². The summed E-state index contributed by atoms with van der Waals surface area (Å²) in [4.78, 5) is 14.8.